The highest BCUT2D eigenvalue weighted by atomic mass is 16.2. The first kappa shape index (κ1) is 7.39. The van der Waals surface area contributed by atoms with E-state index < -0.39 is 0 Å². The highest BCUT2D eigenvalue weighted by molar-refractivity contribution is 5.77. The number of likely N-dealkylation sites (N-methyl/N-ethyl adjacent to an activating group) is 2. The molecule has 0 saturated carbocycles. The molecule has 8 heavy (non-hydrogen) atoms. The lowest BCUT2D eigenvalue weighted by molar-refractivity contribution is -0.562. The van der Waals surface area contributed by atoms with Crippen molar-refractivity contribution in [3.8, 4) is 0 Å². The van der Waals surface area contributed by atoms with Gasteiger partial charge in [-0.25, -0.2) is 0 Å². The first-order chi connectivity index (χ1) is 3.66. The van der Waals surface area contributed by atoms with Gasteiger partial charge in [0.2, 0.25) is 5.91 Å². The molecule has 0 rings (SSSR count). The summed E-state index contributed by atoms with van der Waals surface area (Å²) < 4.78 is 0. The first-order valence-electron chi connectivity index (χ1n) is 2.39. The lowest BCUT2D eigenvalue weighted by Gasteiger charge is -2.02. The van der Waals surface area contributed by atoms with Crippen molar-refractivity contribution in [2.75, 3.05) is 20.6 Å². The van der Waals surface area contributed by atoms with Gasteiger partial charge in [-0.1, -0.05) is 0 Å². The Labute approximate surface area is 48.6 Å². The summed E-state index contributed by atoms with van der Waals surface area (Å²) in [6.45, 7) is 0.358. The monoisotopic (exact) mass is 118 g/mol. The van der Waals surface area contributed by atoms with E-state index in [1.807, 2.05) is 0 Å². The number of hydrogen-bond acceptors (Lipinski definition) is 2. The van der Waals surface area contributed by atoms with Crippen molar-refractivity contribution < 1.29 is 10.6 Å². The van der Waals surface area contributed by atoms with Gasteiger partial charge in [-0.2, -0.15) is 5.01 Å². The van der Waals surface area contributed by atoms with Crippen LogP contribution in [0.5, 0.6) is 0 Å². The third-order valence-electron chi connectivity index (χ3n) is 0.692. The minimum absolute atomic E-state index is 0.0116. The lowest BCUT2D eigenvalue weighted by atomic mass is 10.6. The predicted molar refractivity (Wildman–Crippen MR) is 29.6 cm³/mol. The van der Waals surface area contributed by atoms with Gasteiger partial charge in [-0.15, -0.1) is 0 Å². The molecule has 0 aromatic rings. The lowest BCUT2D eigenvalue weighted by Crippen LogP contribution is -2.67. The second kappa shape index (κ2) is 3.40. The molecule has 0 aliphatic carbocycles. The number of carbonyl (C=O) groups excluding carboxylic acids is 1. The number of carbonyl (C=O) groups is 1. The molecule has 0 aliphatic heterocycles. The fraction of sp³-hybridized carbons (Fsp3) is 0.750. The highest BCUT2D eigenvalue weighted by Gasteiger charge is 1.99. The third-order valence-corrected chi connectivity index (χ3v) is 0.692. The number of nitrogens with zero attached hydrogens (tertiary/aromatic N) is 1. The molecule has 0 atom stereocenters. The maximum Gasteiger partial charge on any atom is 0.239 e. The molecular weight excluding hydrogens is 106 g/mol. The summed E-state index contributed by atoms with van der Waals surface area (Å²) in [7, 11) is 3.35. The number of nitrogens with one attached hydrogen (secondary N) is 1. The predicted octanol–water partition coefficient (Wildman–Crippen LogP) is -2.18. The van der Waals surface area contributed by atoms with Crippen LogP contribution in [0.3, 0.4) is 0 Å². The van der Waals surface area contributed by atoms with Crippen LogP contribution < -0.4 is 11.2 Å². The van der Waals surface area contributed by atoms with Crippen LogP contribution in [0.15, 0.2) is 0 Å². The molecule has 4 nitrogen and oxygen atoms in total. The molecular formula is C4H12N3O+. The second-order valence-electron chi connectivity index (χ2n) is 1.69. The summed E-state index contributed by atoms with van der Waals surface area (Å²) in [5.41, 5.74) is 0. The fourth-order valence-electron chi connectivity index (χ4n) is 0.324. The molecule has 4 N–H and O–H groups in total. The van der Waals surface area contributed by atoms with E-state index in [2.05, 4.69) is 11.2 Å². The Hall–Kier alpha value is -0.610. The van der Waals surface area contributed by atoms with Gasteiger partial charge in [0.1, 0.15) is 6.54 Å². The maximum atomic E-state index is 10.4. The van der Waals surface area contributed by atoms with Crippen molar-refractivity contribution in [1.82, 2.24) is 10.3 Å². The zero-order chi connectivity index (χ0) is 6.57. The summed E-state index contributed by atoms with van der Waals surface area (Å²) >= 11 is 0. The van der Waals surface area contributed by atoms with Crippen LogP contribution in [0.1, 0.15) is 0 Å². The molecule has 0 heterocycles. The smallest absolute Gasteiger partial charge is 0.239 e. The van der Waals surface area contributed by atoms with Crippen molar-refractivity contribution in [2.24, 2.45) is 0 Å². The van der Waals surface area contributed by atoms with Gasteiger partial charge in [0, 0.05) is 14.1 Å². The van der Waals surface area contributed by atoms with Crippen molar-refractivity contribution in [2.45, 2.75) is 0 Å². The summed E-state index contributed by atoms with van der Waals surface area (Å²) in [6, 6.07) is 0. The zero-order valence-electron chi connectivity index (χ0n) is 5.27. The van der Waals surface area contributed by atoms with Gasteiger partial charge in [0.25, 0.3) is 0 Å². The van der Waals surface area contributed by atoms with Gasteiger partial charge in [0.15, 0.2) is 0 Å². The highest BCUT2D eigenvalue weighted by Crippen LogP contribution is 1.63. The van der Waals surface area contributed by atoms with Crippen molar-refractivity contribution in [1.29, 1.82) is 0 Å². The second-order valence-corrected chi connectivity index (χ2v) is 1.69. The fourth-order valence-corrected chi connectivity index (χ4v) is 0.324. The summed E-state index contributed by atoms with van der Waals surface area (Å²) in [5.74, 6) is 3.49. The van der Waals surface area contributed by atoms with Crippen LogP contribution in [-0.2, 0) is 4.79 Å². The number of rotatable bonds is 2. The standard InChI is InChI=1S/C4H11N3O/c1-6-4(8)3-7(2)5/h3,5H2,1-2H3,(H,6,8)/p+1. The molecule has 0 aliphatic rings. The molecule has 0 saturated heterocycles. The van der Waals surface area contributed by atoms with Gasteiger partial charge in [0.05, 0.1) is 0 Å². The molecule has 0 aromatic heterocycles. The molecule has 4 heteroatoms. The van der Waals surface area contributed by atoms with E-state index in [0.29, 0.717) is 6.54 Å². The Morgan fingerprint density at radius 3 is 2.50 bits per heavy atom. The van der Waals surface area contributed by atoms with E-state index in [-0.39, 0.29) is 5.91 Å². The van der Waals surface area contributed by atoms with Crippen molar-refractivity contribution >= 4 is 5.91 Å². The first-order valence-corrected chi connectivity index (χ1v) is 2.39. The average Bonchev–Trinajstić information content (AvgIpc) is 1.65. The minimum atomic E-state index is -0.0116. The molecule has 48 valence electrons. The van der Waals surface area contributed by atoms with E-state index in [0.717, 1.165) is 0 Å². The molecule has 0 bridgehead atoms. The van der Waals surface area contributed by atoms with Crippen molar-refractivity contribution in [3.63, 3.8) is 0 Å². The van der Waals surface area contributed by atoms with Crippen molar-refractivity contribution in [3.05, 3.63) is 0 Å². The maximum absolute atomic E-state index is 10.4. The topological polar surface area (TPSA) is 60.0 Å². The van der Waals surface area contributed by atoms with Crippen LogP contribution in [0.25, 0.3) is 0 Å². The Bertz CT molecular complexity index is 81.4. The van der Waals surface area contributed by atoms with E-state index in [4.69, 9.17) is 0 Å². The quantitative estimate of drug-likeness (QED) is 0.405. The van der Waals surface area contributed by atoms with Crippen LogP contribution in [0.4, 0.5) is 0 Å². The molecule has 0 fully saturated rings. The van der Waals surface area contributed by atoms with E-state index in [1.165, 1.54) is 0 Å². The number of quaternary nitrogens is 1. The van der Waals surface area contributed by atoms with Gasteiger partial charge in [-0.05, 0) is 0 Å². The van der Waals surface area contributed by atoms with E-state index in [9.17, 15) is 4.79 Å². The number of amides is 1. The zero-order valence-corrected chi connectivity index (χ0v) is 5.27. The summed E-state index contributed by atoms with van der Waals surface area (Å²) in [6.07, 6.45) is 0. The van der Waals surface area contributed by atoms with E-state index in [1.54, 1.807) is 19.1 Å². The molecule has 0 unspecified atom stereocenters. The number of hydrogen-bond donors (Lipinski definition) is 2. The Kier molecular flexibility index (Phi) is 3.14. The Balaban J connectivity index is 3.25. The normalized spacial score (nSPS) is 9.50. The van der Waals surface area contributed by atoms with Crippen LogP contribution in [-0.4, -0.2) is 31.6 Å². The van der Waals surface area contributed by atoms with Crippen LogP contribution in [0, 0.1) is 0 Å². The third kappa shape index (κ3) is 3.58. The Morgan fingerprint density at radius 1 is 1.88 bits per heavy atom. The summed E-state index contributed by atoms with van der Waals surface area (Å²) in [4.78, 5) is 10.4. The molecule has 0 aromatic carbocycles. The van der Waals surface area contributed by atoms with Gasteiger partial charge in [-0.3, -0.25) is 10.6 Å². The largest absolute Gasteiger partial charge is 0.358 e. The Morgan fingerprint density at radius 2 is 2.38 bits per heavy atom. The molecule has 1 amide bonds. The average molecular weight is 118 g/mol. The SMILES string of the molecule is CNC(=O)CN(C)[NH3+]. The van der Waals surface area contributed by atoms with E-state index >= 15 is 0 Å². The summed E-state index contributed by atoms with van der Waals surface area (Å²) in [5, 5.41) is 4.04. The minimum Gasteiger partial charge on any atom is -0.358 e. The van der Waals surface area contributed by atoms with Crippen LogP contribution in [0.2, 0.25) is 0 Å². The molecule has 0 radical (unpaired) electrons. The molecule has 0 spiro atoms. The van der Waals surface area contributed by atoms with Gasteiger partial charge >= 0.3 is 0 Å². The van der Waals surface area contributed by atoms with Crippen LogP contribution >= 0.6 is 0 Å². The van der Waals surface area contributed by atoms with Gasteiger partial charge < -0.3 is 5.32 Å².